The number of hydrogen-bond donors (Lipinski definition) is 1. The summed E-state index contributed by atoms with van der Waals surface area (Å²) in [5, 5.41) is 0.346. The first-order valence-electron chi connectivity index (χ1n) is 19.4. The number of hydrogen-bond acceptors (Lipinski definition) is 7. The Labute approximate surface area is 321 Å². The number of nitrogens with zero attached hydrogens (tertiary/aromatic N) is 3. The summed E-state index contributed by atoms with van der Waals surface area (Å²) in [7, 11) is 2.91. The number of aryl methyl sites for hydroxylation is 1. The zero-order valence-corrected chi connectivity index (χ0v) is 33.6. The molecule has 5 aliphatic rings. The van der Waals surface area contributed by atoms with Crippen LogP contribution < -0.4 is 14.4 Å². The van der Waals surface area contributed by atoms with Crippen molar-refractivity contribution in [2.75, 3.05) is 58.9 Å². The Morgan fingerprint density at radius 2 is 1.96 bits per heavy atom. The highest BCUT2D eigenvalue weighted by Gasteiger charge is 2.50. The minimum absolute atomic E-state index is 0.0493. The molecule has 1 N–H and O–H groups in total. The summed E-state index contributed by atoms with van der Waals surface area (Å²) < 4.78 is 30.1. The number of benzene rings is 2. The molecule has 8 atom stereocenters. The largest absolute Gasteiger partial charge is 0.490 e. The summed E-state index contributed by atoms with van der Waals surface area (Å²) in [6, 6.07) is 12.2. The summed E-state index contributed by atoms with van der Waals surface area (Å²) >= 11 is 6.50. The molecule has 2 aliphatic carbocycles. The van der Waals surface area contributed by atoms with Crippen LogP contribution in [0.4, 0.5) is 5.69 Å². The van der Waals surface area contributed by atoms with E-state index in [1.807, 2.05) is 36.9 Å². The molecule has 2 fully saturated rings. The van der Waals surface area contributed by atoms with E-state index in [-0.39, 0.29) is 35.5 Å². The van der Waals surface area contributed by atoms with Crippen LogP contribution in [0.15, 0.2) is 48.6 Å². The number of anilines is 1. The van der Waals surface area contributed by atoms with Crippen LogP contribution in [0.5, 0.6) is 5.75 Å². The van der Waals surface area contributed by atoms with Crippen LogP contribution in [0.1, 0.15) is 80.3 Å². The number of amides is 2. The molecular weight excluding hydrogens is 708 g/mol. The second-order valence-electron chi connectivity index (χ2n) is 16.8. The van der Waals surface area contributed by atoms with E-state index in [0.717, 1.165) is 74.6 Å². The number of rotatable bonds is 4. The fourth-order valence-electron chi connectivity index (χ4n) is 9.67. The number of likely N-dealkylation sites (tertiary alicyclic amines) is 1. The van der Waals surface area contributed by atoms with E-state index in [4.69, 9.17) is 21.1 Å². The number of nitrogens with one attached hydrogen (secondary N) is 1. The predicted molar refractivity (Wildman–Crippen MR) is 215 cm³/mol. The summed E-state index contributed by atoms with van der Waals surface area (Å²) in [6.45, 7) is 7.34. The Kier molecular flexibility index (Phi) is 10.7. The molecule has 2 aromatic carbocycles. The number of carbonyl (C=O) groups is 2. The molecule has 9 nitrogen and oxygen atoms in total. The van der Waals surface area contributed by atoms with Crippen molar-refractivity contribution < 1.29 is 23.3 Å². The molecule has 3 aliphatic heterocycles. The monoisotopic (exact) mass is 764 g/mol. The van der Waals surface area contributed by atoms with Gasteiger partial charge in [-0.05, 0) is 131 Å². The minimum atomic E-state index is -3.01. The zero-order valence-electron chi connectivity index (χ0n) is 32.1. The van der Waals surface area contributed by atoms with Gasteiger partial charge in [0.15, 0.2) is 0 Å². The van der Waals surface area contributed by atoms with Crippen LogP contribution in [0.25, 0.3) is 0 Å². The molecule has 288 valence electrons. The van der Waals surface area contributed by atoms with E-state index in [0.29, 0.717) is 31.2 Å². The molecule has 0 aromatic heterocycles. The van der Waals surface area contributed by atoms with Crippen molar-refractivity contribution in [3.05, 3.63) is 70.3 Å². The molecular formula is C42H57ClN4O5S. The first-order valence-corrected chi connectivity index (χ1v) is 21.6. The standard InChI is InChI=1S/C42H57ClN4O5S/c1-28-9-7-19-42(51-5,23-39(48)46-20-17-34(25-46)45(3)4)36-14-11-32(36)24-47-26-41(18-8-10-30-21-33(43)13-15-35(30)41)27-52-38-16-12-31(22-37(38)47)40(49)44-53(6,50)29(28)2/h7,12-13,15-16,19,21-22,28-29,32,34,36H,6,8-11,14,17-18,20,23-27H2,1-5H3,(H,44,49,50)/b19-7+/t28-,29+,32-,34+,36+,41-,42+,53?/m0/s1. The first kappa shape index (κ1) is 38.2. The topological polar surface area (TPSA) is 91.4 Å². The smallest absolute Gasteiger partial charge is 0.262 e. The van der Waals surface area contributed by atoms with Gasteiger partial charge in [0, 0.05) is 60.6 Å². The molecule has 2 bridgehead atoms. The Balaban J connectivity index is 1.29. The Morgan fingerprint density at radius 3 is 2.68 bits per heavy atom. The van der Waals surface area contributed by atoms with E-state index >= 15 is 0 Å². The summed E-state index contributed by atoms with van der Waals surface area (Å²) in [5.74, 6) is 4.78. The number of fused-ring (bicyclic) bond motifs is 4. The van der Waals surface area contributed by atoms with Gasteiger partial charge in [0.2, 0.25) is 5.91 Å². The van der Waals surface area contributed by atoms with Crippen LogP contribution in [0.2, 0.25) is 5.02 Å². The maximum Gasteiger partial charge on any atom is 0.262 e. The Hall–Kier alpha value is -3.05. The number of allylic oxidation sites excluding steroid dienone is 1. The van der Waals surface area contributed by atoms with Gasteiger partial charge in [-0.2, -0.15) is 0 Å². The van der Waals surface area contributed by atoms with Crippen LogP contribution in [0.3, 0.4) is 0 Å². The quantitative estimate of drug-likeness (QED) is 0.297. The fourth-order valence-corrected chi connectivity index (χ4v) is 11.3. The van der Waals surface area contributed by atoms with Crippen LogP contribution in [0, 0.1) is 17.8 Å². The molecule has 0 radical (unpaired) electrons. The first-order chi connectivity index (χ1) is 25.2. The average Bonchev–Trinajstić information content (AvgIpc) is 3.57. The van der Waals surface area contributed by atoms with Crippen LogP contribution >= 0.6 is 11.6 Å². The highest BCUT2D eigenvalue weighted by molar-refractivity contribution is 7.99. The van der Waals surface area contributed by atoms with Crippen molar-refractivity contribution in [2.24, 2.45) is 17.8 Å². The third-order valence-electron chi connectivity index (χ3n) is 13.4. The summed E-state index contributed by atoms with van der Waals surface area (Å²) in [5.41, 5.74) is 2.75. The average molecular weight is 765 g/mol. The number of likely N-dealkylation sites (N-methyl/N-ethyl adjacent to an activating group) is 1. The van der Waals surface area contributed by atoms with Gasteiger partial charge in [-0.1, -0.05) is 36.7 Å². The molecule has 7 rings (SSSR count). The van der Waals surface area contributed by atoms with E-state index in [1.54, 1.807) is 13.2 Å². The highest BCUT2D eigenvalue weighted by Crippen LogP contribution is 2.50. The van der Waals surface area contributed by atoms with Crippen molar-refractivity contribution in [1.29, 1.82) is 0 Å². The lowest BCUT2D eigenvalue weighted by Gasteiger charge is -2.50. The Bertz CT molecular complexity index is 1870. The lowest BCUT2D eigenvalue weighted by Crippen LogP contribution is -2.54. The van der Waals surface area contributed by atoms with Gasteiger partial charge >= 0.3 is 0 Å². The van der Waals surface area contributed by atoms with Crippen LogP contribution in [-0.4, -0.2) is 103 Å². The third-order valence-corrected chi connectivity index (χ3v) is 15.9. The van der Waals surface area contributed by atoms with Crippen molar-refractivity contribution in [1.82, 2.24) is 14.5 Å². The lowest BCUT2D eigenvalue weighted by molar-refractivity contribution is -0.142. The number of methoxy groups -OCH3 is 1. The van der Waals surface area contributed by atoms with E-state index < -0.39 is 26.5 Å². The van der Waals surface area contributed by atoms with Crippen molar-refractivity contribution >= 4 is 44.7 Å². The zero-order chi connectivity index (χ0) is 37.7. The SMILES string of the molecule is C=S1(=O)NC(=O)c2ccc3c(c2)N(C[C@@H]2CC[C@H]2[C@@](CC(=O)N2CC[C@@H](N(C)C)C2)(OC)/C=C/C[C@H](C)[C@H]1C)C[C@@]1(CCCc2cc(Cl)ccc21)CO3. The molecule has 1 unspecified atom stereocenters. The van der Waals surface area contributed by atoms with Gasteiger partial charge in [-0.25, -0.2) is 4.21 Å². The van der Waals surface area contributed by atoms with Crippen molar-refractivity contribution in [2.45, 2.75) is 87.5 Å². The molecule has 11 heteroatoms. The van der Waals surface area contributed by atoms with E-state index in [9.17, 15) is 13.8 Å². The van der Waals surface area contributed by atoms with Gasteiger partial charge in [0.05, 0.1) is 34.0 Å². The van der Waals surface area contributed by atoms with E-state index in [2.05, 4.69) is 58.8 Å². The van der Waals surface area contributed by atoms with Crippen molar-refractivity contribution in [3.63, 3.8) is 0 Å². The molecule has 1 spiro atoms. The summed E-state index contributed by atoms with van der Waals surface area (Å²) in [6.07, 6.45) is 11.0. The Morgan fingerprint density at radius 1 is 1.15 bits per heavy atom. The molecule has 1 saturated heterocycles. The van der Waals surface area contributed by atoms with Crippen LogP contribution in [-0.2, 0) is 31.1 Å². The number of ether oxygens (including phenoxy) is 2. The fraction of sp³-hybridized carbons (Fsp3) is 0.595. The number of carbonyl (C=O) groups excluding carboxylic acids is 2. The molecule has 2 amide bonds. The predicted octanol–water partition coefficient (Wildman–Crippen LogP) is 6.12. The highest BCUT2D eigenvalue weighted by atomic mass is 35.5. The normalized spacial score (nSPS) is 35.1. The van der Waals surface area contributed by atoms with Gasteiger partial charge in [0.25, 0.3) is 5.91 Å². The van der Waals surface area contributed by atoms with Gasteiger partial charge in [-0.3, -0.25) is 14.3 Å². The molecule has 2 aromatic rings. The lowest BCUT2D eigenvalue weighted by atomic mass is 9.62. The molecule has 1 saturated carbocycles. The molecule has 3 heterocycles. The van der Waals surface area contributed by atoms with Gasteiger partial charge in [0.1, 0.15) is 5.75 Å². The number of halogens is 1. The van der Waals surface area contributed by atoms with Crippen molar-refractivity contribution in [3.8, 4) is 5.75 Å². The van der Waals surface area contributed by atoms with Gasteiger partial charge in [-0.15, -0.1) is 0 Å². The second kappa shape index (κ2) is 14.9. The second-order valence-corrected chi connectivity index (χ2v) is 19.6. The van der Waals surface area contributed by atoms with Gasteiger partial charge < -0.3 is 24.2 Å². The van der Waals surface area contributed by atoms with E-state index in [1.165, 1.54) is 11.1 Å². The molecule has 53 heavy (non-hydrogen) atoms. The minimum Gasteiger partial charge on any atom is -0.490 e. The summed E-state index contributed by atoms with van der Waals surface area (Å²) in [4.78, 5) is 34.6. The third kappa shape index (κ3) is 7.38. The maximum absolute atomic E-state index is 14.2. The maximum atomic E-state index is 14.2.